The van der Waals surface area contributed by atoms with Gasteiger partial charge in [0.2, 0.25) is 5.91 Å². The van der Waals surface area contributed by atoms with Gasteiger partial charge in [-0.25, -0.2) is 0 Å². The number of carbonyl (C=O) groups excluding carboxylic acids is 1. The van der Waals surface area contributed by atoms with Crippen molar-refractivity contribution in [2.75, 3.05) is 52.8 Å². The van der Waals surface area contributed by atoms with Crippen LogP contribution in [0.4, 0.5) is 0 Å². The molecule has 1 N–H and O–H groups in total. The van der Waals surface area contributed by atoms with E-state index in [1.807, 2.05) is 6.92 Å². The summed E-state index contributed by atoms with van der Waals surface area (Å²) in [7, 11) is 0. The lowest BCUT2D eigenvalue weighted by Crippen LogP contribution is -2.25. The van der Waals surface area contributed by atoms with E-state index in [4.69, 9.17) is 18.9 Å². The van der Waals surface area contributed by atoms with E-state index in [0.29, 0.717) is 46.2 Å². The van der Waals surface area contributed by atoms with E-state index in [2.05, 4.69) is 12.2 Å². The van der Waals surface area contributed by atoms with Gasteiger partial charge in [0, 0.05) is 20.1 Å². The number of unbranched alkanes of at least 4 members (excludes halogenated alkanes) is 5. The minimum atomic E-state index is -0.0397. The minimum absolute atomic E-state index is 0.0397. The predicted molar refractivity (Wildman–Crippen MR) is 99.9 cm³/mol. The fraction of sp³-hybridized carbons (Fsp3) is 0.947. The first-order valence-electron chi connectivity index (χ1n) is 9.76. The molecule has 25 heavy (non-hydrogen) atoms. The summed E-state index contributed by atoms with van der Waals surface area (Å²) in [4.78, 5) is 10.6. The van der Waals surface area contributed by atoms with Crippen molar-refractivity contribution >= 4 is 5.91 Å². The Labute approximate surface area is 153 Å². The average molecular weight is 362 g/mol. The fourth-order valence-electron chi connectivity index (χ4n) is 2.21. The Morgan fingerprint density at radius 3 is 2.20 bits per heavy atom. The molecule has 0 spiro atoms. The third-order valence-corrected chi connectivity index (χ3v) is 3.62. The maximum Gasteiger partial charge on any atom is 0.216 e. The SMILES string of the molecule is CCCCCCCCOCC(C)OCCOCCOCCNC(C)=O. The van der Waals surface area contributed by atoms with Crippen molar-refractivity contribution in [1.29, 1.82) is 0 Å². The van der Waals surface area contributed by atoms with Gasteiger partial charge in [0.25, 0.3) is 0 Å². The number of rotatable bonds is 19. The zero-order chi connectivity index (χ0) is 18.6. The molecule has 0 aliphatic rings. The number of ether oxygens (including phenoxy) is 4. The smallest absolute Gasteiger partial charge is 0.216 e. The summed E-state index contributed by atoms with van der Waals surface area (Å²) in [5, 5.41) is 2.67. The Bertz CT molecular complexity index is 289. The Morgan fingerprint density at radius 2 is 1.48 bits per heavy atom. The molecule has 0 heterocycles. The molecule has 1 atom stereocenters. The Hall–Kier alpha value is -0.690. The third-order valence-electron chi connectivity index (χ3n) is 3.62. The van der Waals surface area contributed by atoms with Crippen LogP contribution in [0.25, 0.3) is 0 Å². The van der Waals surface area contributed by atoms with Crippen LogP contribution in [0.2, 0.25) is 0 Å². The molecule has 1 unspecified atom stereocenters. The third kappa shape index (κ3) is 21.3. The minimum Gasteiger partial charge on any atom is -0.379 e. The van der Waals surface area contributed by atoms with Gasteiger partial charge in [-0.05, 0) is 13.3 Å². The van der Waals surface area contributed by atoms with Gasteiger partial charge in [-0.3, -0.25) is 4.79 Å². The van der Waals surface area contributed by atoms with Crippen LogP contribution in [-0.4, -0.2) is 64.8 Å². The fourth-order valence-corrected chi connectivity index (χ4v) is 2.21. The first-order chi connectivity index (χ1) is 12.2. The Balaban J connectivity index is 3.15. The van der Waals surface area contributed by atoms with E-state index in [1.165, 1.54) is 39.0 Å². The number of hydrogen-bond donors (Lipinski definition) is 1. The standard InChI is InChI=1S/C19H39NO5/c1-4-5-6-7-8-9-11-24-17-18(2)25-16-15-23-14-13-22-12-10-20-19(3)21/h18H,4-17H2,1-3H3,(H,20,21). The van der Waals surface area contributed by atoms with Crippen LogP contribution < -0.4 is 5.32 Å². The second kappa shape index (κ2) is 19.6. The first kappa shape index (κ1) is 24.3. The molecule has 6 nitrogen and oxygen atoms in total. The molecule has 0 radical (unpaired) electrons. The van der Waals surface area contributed by atoms with Crippen LogP contribution in [0.5, 0.6) is 0 Å². The largest absolute Gasteiger partial charge is 0.379 e. The van der Waals surface area contributed by atoms with E-state index in [0.717, 1.165) is 13.0 Å². The van der Waals surface area contributed by atoms with Gasteiger partial charge in [-0.15, -0.1) is 0 Å². The second-order valence-electron chi connectivity index (χ2n) is 6.23. The highest BCUT2D eigenvalue weighted by Crippen LogP contribution is 2.05. The average Bonchev–Trinajstić information content (AvgIpc) is 2.58. The monoisotopic (exact) mass is 361 g/mol. The van der Waals surface area contributed by atoms with Gasteiger partial charge >= 0.3 is 0 Å². The molecule has 150 valence electrons. The molecule has 0 bridgehead atoms. The normalized spacial score (nSPS) is 12.3. The van der Waals surface area contributed by atoms with Gasteiger partial charge in [0.15, 0.2) is 0 Å². The van der Waals surface area contributed by atoms with Crippen LogP contribution in [0, 0.1) is 0 Å². The zero-order valence-corrected chi connectivity index (χ0v) is 16.5. The zero-order valence-electron chi connectivity index (χ0n) is 16.5. The molecule has 0 aromatic rings. The Morgan fingerprint density at radius 1 is 0.840 bits per heavy atom. The van der Waals surface area contributed by atoms with Crippen molar-refractivity contribution in [2.45, 2.75) is 65.4 Å². The molecule has 0 aromatic carbocycles. The summed E-state index contributed by atoms with van der Waals surface area (Å²) in [6.45, 7) is 10.4. The van der Waals surface area contributed by atoms with Crippen LogP contribution in [0.1, 0.15) is 59.3 Å². The molecule has 6 heteroatoms. The quantitative estimate of drug-likeness (QED) is 0.358. The number of nitrogens with one attached hydrogen (secondary N) is 1. The molecule has 0 saturated carbocycles. The van der Waals surface area contributed by atoms with E-state index in [-0.39, 0.29) is 12.0 Å². The van der Waals surface area contributed by atoms with E-state index < -0.39 is 0 Å². The molecule has 0 aromatic heterocycles. The highest BCUT2D eigenvalue weighted by Gasteiger charge is 2.02. The first-order valence-corrected chi connectivity index (χ1v) is 9.76. The van der Waals surface area contributed by atoms with Crippen LogP contribution >= 0.6 is 0 Å². The van der Waals surface area contributed by atoms with Crippen molar-refractivity contribution < 1.29 is 23.7 Å². The topological polar surface area (TPSA) is 66.0 Å². The summed E-state index contributed by atoms with van der Waals surface area (Å²) in [6.07, 6.45) is 7.79. The summed E-state index contributed by atoms with van der Waals surface area (Å²) in [5.74, 6) is -0.0397. The van der Waals surface area contributed by atoms with Crippen LogP contribution in [0.15, 0.2) is 0 Å². The lowest BCUT2D eigenvalue weighted by Gasteiger charge is -2.13. The molecule has 0 saturated heterocycles. The second-order valence-corrected chi connectivity index (χ2v) is 6.23. The number of carbonyl (C=O) groups is 1. The van der Waals surface area contributed by atoms with Crippen LogP contribution in [-0.2, 0) is 23.7 Å². The number of hydrogen-bond acceptors (Lipinski definition) is 5. The molecular formula is C19H39NO5. The van der Waals surface area contributed by atoms with Gasteiger partial charge in [-0.1, -0.05) is 39.0 Å². The summed E-state index contributed by atoms with van der Waals surface area (Å²) in [5.41, 5.74) is 0. The predicted octanol–water partition coefficient (Wildman–Crippen LogP) is 2.94. The van der Waals surface area contributed by atoms with Gasteiger partial charge in [-0.2, -0.15) is 0 Å². The van der Waals surface area contributed by atoms with Crippen molar-refractivity contribution in [3.05, 3.63) is 0 Å². The van der Waals surface area contributed by atoms with Gasteiger partial charge in [0.1, 0.15) is 0 Å². The molecule has 0 rings (SSSR count). The highest BCUT2D eigenvalue weighted by molar-refractivity contribution is 5.72. The maximum absolute atomic E-state index is 10.6. The van der Waals surface area contributed by atoms with E-state index in [9.17, 15) is 4.79 Å². The maximum atomic E-state index is 10.6. The lowest BCUT2D eigenvalue weighted by molar-refractivity contribution is -0.119. The molecular weight excluding hydrogens is 322 g/mol. The molecule has 0 aliphatic heterocycles. The van der Waals surface area contributed by atoms with Crippen LogP contribution in [0.3, 0.4) is 0 Å². The summed E-state index contributed by atoms with van der Waals surface area (Å²) >= 11 is 0. The number of amides is 1. The van der Waals surface area contributed by atoms with Gasteiger partial charge in [0.05, 0.1) is 45.7 Å². The van der Waals surface area contributed by atoms with Crippen molar-refractivity contribution in [2.24, 2.45) is 0 Å². The van der Waals surface area contributed by atoms with Gasteiger partial charge < -0.3 is 24.3 Å². The van der Waals surface area contributed by atoms with Crippen molar-refractivity contribution in [3.63, 3.8) is 0 Å². The highest BCUT2D eigenvalue weighted by atomic mass is 16.6. The molecule has 0 fully saturated rings. The summed E-state index contributed by atoms with van der Waals surface area (Å²) in [6, 6.07) is 0. The van der Waals surface area contributed by atoms with Crippen molar-refractivity contribution in [3.8, 4) is 0 Å². The van der Waals surface area contributed by atoms with Crippen molar-refractivity contribution in [1.82, 2.24) is 5.32 Å². The lowest BCUT2D eigenvalue weighted by atomic mass is 10.1. The molecule has 1 amide bonds. The van der Waals surface area contributed by atoms with E-state index >= 15 is 0 Å². The molecule has 0 aliphatic carbocycles. The summed E-state index contributed by atoms with van der Waals surface area (Å²) < 4.78 is 22.0. The van der Waals surface area contributed by atoms with E-state index in [1.54, 1.807) is 0 Å². The Kier molecular flexibility index (Phi) is 19.1.